The minimum absolute atomic E-state index is 0.541. The predicted molar refractivity (Wildman–Crippen MR) is 66.1 cm³/mol. The molecule has 0 amide bonds. The Kier molecular flexibility index (Phi) is 3.77. The number of thioether (sulfide) groups is 1. The molecule has 0 fully saturated rings. The van der Waals surface area contributed by atoms with Crippen molar-refractivity contribution in [2.24, 2.45) is 0 Å². The second kappa shape index (κ2) is 5.51. The van der Waals surface area contributed by atoms with E-state index in [-0.39, 0.29) is 0 Å². The van der Waals surface area contributed by atoms with Crippen LogP contribution in [0.15, 0.2) is 40.0 Å². The minimum Gasteiger partial charge on any atom is -0.412 e. The van der Waals surface area contributed by atoms with Crippen LogP contribution in [0, 0.1) is 0 Å². The lowest BCUT2D eigenvalue weighted by atomic mass is 10.2. The molecule has 4 heteroatoms. The van der Waals surface area contributed by atoms with Gasteiger partial charge < -0.3 is 4.42 Å². The van der Waals surface area contributed by atoms with Gasteiger partial charge in [-0.25, -0.2) is 0 Å². The quantitative estimate of drug-likeness (QED) is 0.758. The number of aromatic nitrogens is 2. The fourth-order valence-corrected chi connectivity index (χ4v) is 1.69. The van der Waals surface area contributed by atoms with E-state index in [0.717, 1.165) is 11.3 Å². The number of hydrogen-bond donors (Lipinski definition) is 0. The lowest BCUT2D eigenvalue weighted by Gasteiger charge is -1.89. The summed E-state index contributed by atoms with van der Waals surface area (Å²) in [5.74, 6) is 1.48. The van der Waals surface area contributed by atoms with Crippen LogP contribution in [0.3, 0.4) is 0 Å². The van der Waals surface area contributed by atoms with Gasteiger partial charge in [0, 0.05) is 6.08 Å². The summed E-state index contributed by atoms with van der Waals surface area (Å²) in [6, 6.07) is 10.0. The SMILES string of the molecule is CCSc1nnc(/C=C/c2ccccc2)o1. The normalized spacial score (nSPS) is 11.1. The zero-order valence-corrected chi connectivity index (χ0v) is 9.78. The van der Waals surface area contributed by atoms with Crippen LogP contribution >= 0.6 is 11.8 Å². The zero-order chi connectivity index (χ0) is 11.2. The highest BCUT2D eigenvalue weighted by molar-refractivity contribution is 7.99. The van der Waals surface area contributed by atoms with Gasteiger partial charge in [-0.2, -0.15) is 0 Å². The average Bonchev–Trinajstić information content (AvgIpc) is 2.76. The molecule has 16 heavy (non-hydrogen) atoms. The number of nitrogens with zero attached hydrogens (tertiary/aromatic N) is 2. The molecule has 0 radical (unpaired) electrons. The summed E-state index contributed by atoms with van der Waals surface area (Å²) in [5, 5.41) is 8.46. The molecule has 0 aliphatic rings. The van der Waals surface area contributed by atoms with E-state index < -0.39 is 0 Å². The molecule has 1 heterocycles. The first-order chi connectivity index (χ1) is 7.88. The molecular weight excluding hydrogens is 220 g/mol. The van der Waals surface area contributed by atoms with Crippen LogP contribution in [0.4, 0.5) is 0 Å². The molecule has 0 saturated carbocycles. The third kappa shape index (κ3) is 2.97. The fraction of sp³-hybridized carbons (Fsp3) is 0.167. The molecule has 0 saturated heterocycles. The monoisotopic (exact) mass is 232 g/mol. The second-order valence-electron chi connectivity index (χ2n) is 3.08. The Hall–Kier alpha value is -1.55. The highest BCUT2D eigenvalue weighted by Crippen LogP contribution is 2.16. The van der Waals surface area contributed by atoms with E-state index in [9.17, 15) is 0 Å². The van der Waals surface area contributed by atoms with Crippen LogP contribution in [-0.4, -0.2) is 16.0 Å². The van der Waals surface area contributed by atoms with Gasteiger partial charge in [0.15, 0.2) is 0 Å². The van der Waals surface area contributed by atoms with Crippen LogP contribution in [0.5, 0.6) is 0 Å². The Bertz CT molecular complexity index is 465. The maximum Gasteiger partial charge on any atom is 0.276 e. The summed E-state index contributed by atoms with van der Waals surface area (Å²) in [6.45, 7) is 2.05. The first kappa shape index (κ1) is 11.0. The molecule has 0 atom stereocenters. The maximum absolute atomic E-state index is 5.40. The van der Waals surface area contributed by atoms with Crippen molar-refractivity contribution in [2.75, 3.05) is 5.75 Å². The van der Waals surface area contributed by atoms with Gasteiger partial charge >= 0.3 is 0 Å². The second-order valence-corrected chi connectivity index (χ2v) is 4.30. The Morgan fingerprint density at radius 1 is 1.19 bits per heavy atom. The summed E-state index contributed by atoms with van der Waals surface area (Å²) in [7, 11) is 0. The molecule has 82 valence electrons. The van der Waals surface area contributed by atoms with Crippen LogP contribution in [0.1, 0.15) is 18.4 Å². The Morgan fingerprint density at radius 3 is 2.75 bits per heavy atom. The molecular formula is C12H12N2OS. The van der Waals surface area contributed by atoms with Crippen molar-refractivity contribution < 1.29 is 4.42 Å². The van der Waals surface area contributed by atoms with Crippen LogP contribution < -0.4 is 0 Å². The topological polar surface area (TPSA) is 38.9 Å². The van der Waals surface area contributed by atoms with Gasteiger partial charge in [-0.15, -0.1) is 10.2 Å². The van der Waals surface area contributed by atoms with Gasteiger partial charge in [0.1, 0.15) is 0 Å². The fourth-order valence-electron chi connectivity index (χ4n) is 1.20. The van der Waals surface area contributed by atoms with E-state index in [4.69, 9.17) is 4.42 Å². The van der Waals surface area contributed by atoms with Crippen molar-refractivity contribution >= 4 is 23.9 Å². The summed E-state index contributed by atoms with van der Waals surface area (Å²) in [4.78, 5) is 0. The van der Waals surface area contributed by atoms with Gasteiger partial charge in [-0.1, -0.05) is 49.0 Å². The Labute approximate surface area is 98.6 Å². The molecule has 0 aliphatic heterocycles. The molecule has 0 bridgehead atoms. The van der Waals surface area contributed by atoms with Crippen molar-refractivity contribution in [3.63, 3.8) is 0 Å². The molecule has 2 aromatic rings. The van der Waals surface area contributed by atoms with E-state index in [0.29, 0.717) is 11.1 Å². The standard InChI is InChI=1S/C12H12N2OS/c1-2-16-12-14-13-11(15-12)9-8-10-6-4-3-5-7-10/h3-9H,2H2,1H3/b9-8+. The van der Waals surface area contributed by atoms with Gasteiger partial charge in [0.2, 0.25) is 5.89 Å². The third-order valence-corrected chi connectivity index (χ3v) is 2.61. The van der Waals surface area contributed by atoms with Crippen molar-refractivity contribution in [3.8, 4) is 0 Å². The van der Waals surface area contributed by atoms with Crippen LogP contribution in [0.2, 0.25) is 0 Å². The number of benzene rings is 1. The van der Waals surface area contributed by atoms with Crippen molar-refractivity contribution in [1.82, 2.24) is 10.2 Å². The van der Waals surface area contributed by atoms with Crippen molar-refractivity contribution in [2.45, 2.75) is 12.1 Å². The lowest BCUT2D eigenvalue weighted by molar-refractivity contribution is 0.446. The molecule has 1 aromatic heterocycles. The van der Waals surface area contributed by atoms with Crippen molar-refractivity contribution in [3.05, 3.63) is 41.8 Å². The average molecular weight is 232 g/mol. The largest absolute Gasteiger partial charge is 0.412 e. The summed E-state index contributed by atoms with van der Waals surface area (Å²) in [5.41, 5.74) is 1.12. The predicted octanol–water partition coefficient (Wildman–Crippen LogP) is 3.35. The molecule has 1 aromatic carbocycles. The third-order valence-electron chi connectivity index (χ3n) is 1.91. The highest BCUT2D eigenvalue weighted by Gasteiger charge is 2.01. The number of hydrogen-bond acceptors (Lipinski definition) is 4. The smallest absolute Gasteiger partial charge is 0.276 e. The molecule has 0 unspecified atom stereocenters. The summed E-state index contributed by atoms with van der Waals surface area (Å²) >= 11 is 1.54. The van der Waals surface area contributed by atoms with E-state index in [2.05, 4.69) is 10.2 Å². The Balaban J connectivity index is 2.06. The minimum atomic E-state index is 0.541. The molecule has 2 rings (SSSR count). The summed E-state index contributed by atoms with van der Waals surface area (Å²) < 4.78 is 5.40. The van der Waals surface area contributed by atoms with E-state index >= 15 is 0 Å². The Morgan fingerprint density at radius 2 is 2.00 bits per heavy atom. The number of rotatable bonds is 4. The first-order valence-corrected chi connectivity index (χ1v) is 6.06. The van der Waals surface area contributed by atoms with E-state index in [1.165, 1.54) is 0 Å². The molecule has 0 N–H and O–H groups in total. The van der Waals surface area contributed by atoms with E-state index in [1.807, 2.05) is 49.4 Å². The lowest BCUT2D eigenvalue weighted by Crippen LogP contribution is -1.72. The van der Waals surface area contributed by atoms with E-state index in [1.54, 1.807) is 11.8 Å². The zero-order valence-electron chi connectivity index (χ0n) is 8.96. The first-order valence-electron chi connectivity index (χ1n) is 5.08. The van der Waals surface area contributed by atoms with Gasteiger partial charge in [0.25, 0.3) is 5.22 Å². The molecule has 0 spiro atoms. The van der Waals surface area contributed by atoms with Gasteiger partial charge in [-0.3, -0.25) is 0 Å². The summed E-state index contributed by atoms with van der Waals surface area (Å²) in [6.07, 6.45) is 3.77. The van der Waals surface area contributed by atoms with Crippen molar-refractivity contribution in [1.29, 1.82) is 0 Å². The van der Waals surface area contributed by atoms with Crippen LogP contribution in [-0.2, 0) is 0 Å². The highest BCUT2D eigenvalue weighted by atomic mass is 32.2. The maximum atomic E-state index is 5.40. The molecule has 0 aliphatic carbocycles. The van der Waals surface area contributed by atoms with Gasteiger partial charge in [-0.05, 0) is 17.4 Å². The van der Waals surface area contributed by atoms with Gasteiger partial charge in [0.05, 0.1) is 0 Å². The van der Waals surface area contributed by atoms with Crippen LogP contribution in [0.25, 0.3) is 12.2 Å². The molecule has 3 nitrogen and oxygen atoms in total.